The topological polar surface area (TPSA) is 52.0 Å². The SMILES string of the molecule is C=CC[NH+](Cc1cccn1Cc1ccccc1)C[C@@H](O)COCc1ccco1. The summed E-state index contributed by atoms with van der Waals surface area (Å²) in [5, 5.41) is 10.4. The van der Waals surface area contributed by atoms with Gasteiger partial charge in [-0.05, 0) is 35.9 Å². The number of aromatic nitrogens is 1. The van der Waals surface area contributed by atoms with E-state index >= 15 is 0 Å². The number of furan rings is 1. The lowest BCUT2D eigenvalue weighted by atomic mass is 10.2. The Kier molecular flexibility index (Phi) is 7.67. The van der Waals surface area contributed by atoms with Crippen molar-refractivity contribution in [3.05, 3.63) is 96.7 Å². The van der Waals surface area contributed by atoms with Crippen LogP contribution in [0.4, 0.5) is 0 Å². The maximum atomic E-state index is 10.4. The molecular formula is C23H29N2O3+. The number of nitrogens with one attached hydrogen (secondary N) is 1. The second kappa shape index (κ2) is 10.7. The minimum atomic E-state index is -0.539. The van der Waals surface area contributed by atoms with Gasteiger partial charge in [-0.15, -0.1) is 0 Å². The van der Waals surface area contributed by atoms with Crippen molar-refractivity contribution in [2.75, 3.05) is 19.7 Å². The zero-order chi connectivity index (χ0) is 19.6. The largest absolute Gasteiger partial charge is 0.467 e. The van der Waals surface area contributed by atoms with Crippen LogP contribution in [-0.4, -0.2) is 35.5 Å². The predicted octanol–water partition coefficient (Wildman–Crippen LogP) is 2.28. The Hall–Kier alpha value is -2.60. The Morgan fingerprint density at radius 2 is 2.00 bits per heavy atom. The number of nitrogens with zero attached hydrogens (tertiary/aromatic N) is 1. The first-order valence-corrected chi connectivity index (χ1v) is 9.65. The lowest BCUT2D eigenvalue weighted by Gasteiger charge is -2.22. The summed E-state index contributed by atoms with van der Waals surface area (Å²) in [7, 11) is 0. The normalized spacial score (nSPS) is 13.3. The lowest BCUT2D eigenvalue weighted by Crippen LogP contribution is -3.11. The van der Waals surface area contributed by atoms with E-state index < -0.39 is 6.10 Å². The maximum Gasteiger partial charge on any atom is 0.129 e. The lowest BCUT2D eigenvalue weighted by molar-refractivity contribution is -0.911. The number of aliphatic hydroxyl groups excluding tert-OH is 1. The molecule has 2 N–H and O–H groups in total. The van der Waals surface area contributed by atoms with Gasteiger partial charge in [0.2, 0.25) is 0 Å². The molecule has 148 valence electrons. The van der Waals surface area contributed by atoms with E-state index in [1.54, 1.807) is 6.26 Å². The van der Waals surface area contributed by atoms with Crippen molar-refractivity contribution in [3.8, 4) is 0 Å². The van der Waals surface area contributed by atoms with Gasteiger partial charge in [0, 0.05) is 12.7 Å². The summed E-state index contributed by atoms with van der Waals surface area (Å²) in [6, 6.07) is 18.3. The van der Waals surface area contributed by atoms with Crippen molar-refractivity contribution in [1.29, 1.82) is 0 Å². The van der Waals surface area contributed by atoms with Crippen molar-refractivity contribution in [1.82, 2.24) is 4.57 Å². The molecule has 5 heteroatoms. The van der Waals surface area contributed by atoms with Crippen molar-refractivity contribution in [3.63, 3.8) is 0 Å². The Bertz CT molecular complexity index is 812. The van der Waals surface area contributed by atoms with Gasteiger partial charge in [-0.25, -0.2) is 0 Å². The van der Waals surface area contributed by atoms with Crippen LogP contribution in [0.1, 0.15) is 17.0 Å². The van der Waals surface area contributed by atoms with Crippen LogP contribution in [0.2, 0.25) is 0 Å². The highest BCUT2D eigenvalue weighted by Gasteiger charge is 2.17. The molecule has 3 aromatic rings. The number of hydrogen-bond donors (Lipinski definition) is 2. The van der Waals surface area contributed by atoms with E-state index in [0.717, 1.165) is 25.4 Å². The molecule has 0 fully saturated rings. The van der Waals surface area contributed by atoms with Crippen molar-refractivity contribution in [2.24, 2.45) is 0 Å². The molecule has 1 aromatic carbocycles. The third kappa shape index (κ3) is 6.23. The highest BCUT2D eigenvalue weighted by Crippen LogP contribution is 2.07. The average Bonchev–Trinajstić information content (AvgIpc) is 3.35. The number of rotatable bonds is 12. The van der Waals surface area contributed by atoms with Crippen molar-refractivity contribution in [2.45, 2.75) is 25.8 Å². The van der Waals surface area contributed by atoms with E-state index in [2.05, 4.69) is 53.7 Å². The van der Waals surface area contributed by atoms with Gasteiger partial charge < -0.3 is 23.7 Å². The van der Waals surface area contributed by atoms with E-state index in [1.807, 2.05) is 24.3 Å². The Morgan fingerprint density at radius 1 is 1.14 bits per heavy atom. The minimum absolute atomic E-state index is 0.284. The molecule has 0 saturated heterocycles. The fraction of sp³-hybridized carbons (Fsp3) is 0.304. The van der Waals surface area contributed by atoms with Gasteiger partial charge >= 0.3 is 0 Å². The molecule has 0 aliphatic rings. The molecule has 3 rings (SSSR count). The van der Waals surface area contributed by atoms with E-state index in [0.29, 0.717) is 13.2 Å². The summed E-state index contributed by atoms with van der Waals surface area (Å²) in [6.45, 7) is 7.58. The molecule has 5 nitrogen and oxygen atoms in total. The number of ether oxygens (including phenoxy) is 1. The first-order valence-electron chi connectivity index (χ1n) is 9.65. The van der Waals surface area contributed by atoms with Gasteiger partial charge in [0.25, 0.3) is 0 Å². The third-order valence-corrected chi connectivity index (χ3v) is 4.64. The van der Waals surface area contributed by atoms with Gasteiger partial charge in [0.05, 0.1) is 25.1 Å². The summed E-state index contributed by atoms with van der Waals surface area (Å²) < 4.78 is 13.1. The number of quaternary nitrogens is 1. The van der Waals surface area contributed by atoms with Crippen molar-refractivity contribution >= 4 is 0 Å². The summed E-state index contributed by atoms with van der Waals surface area (Å²) in [5.74, 6) is 0.765. The van der Waals surface area contributed by atoms with Crippen LogP contribution in [0.15, 0.2) is 84.1 Å². The molecule has 28 heavy (non-hydrogen) atoms. The second-order valence-electron chi connectivity index (χ2n) is 6.99. The fourth-order valence-corrected chi connectivity index (χ4v) is 3.31. The van der Waals surface area contributed by atoms with Crippen LogP contribution in [0.3, 0.4) is 0 Å². The predicted molar refractivity (Wildman–Crippen MR) is 109 cm³/mol. The highest BCUT2D eigenvalue weighted by molar-refractivity contribution is 5.17. The standard InChI is InChI=1S/C23H28N2O3/c1-2-12-24(17-22(26)18-27-19-23-11-7-14-28-23)16-21-10-6-13-25(21)15-20-8-4-3-5-9-20/h2-11,13-14,22,26H,1,12,15-19H2/p+1/t22-/m1/s1. The molecule has 2 atom stereocenters. The van der Waals surface area contributed by atoms with Gasteiger partial charge in [-0.2, -0.15) is 0 Å². The van der Waals surface area contributed by atoms with Gasteiger partial charge in [-0.3, -0.25) is 0 Å². The smallest absolute Gasteiger partial charge is 0.129 e. The van der Waals surface area contributed by atoms with Gasteiger partial charge in [0.15, 0.2) is 0 Å². The molecular weight excluding hydrogens is 352 g/mol. The first-order chi connectivity index (χ1) is 13.7. The van der Waals surface area contributed by atoms with Gasteiger partial charge in [-0.1, -0.05) is 36.9 Å². The van der Waals surface area contributed by atoms with E-state index in [4.69, 9.17) is 9.15 Å². The summed E-state index contributed by atoms with van der Waals surface area (Å²) in [5.41, 5.74) is 2.51. The Balaban J connectivity index is 1.52. The fourth-order valence-electron chi connectivity index (χ4n) is 3.31. The summed E-state index contributed by atoms with van der Waals surface area (Å²) >= 11 is 0. The molecule has 2 heterocycles. The van der Waals surface area contributed by atoms with E-state index in [-0.39, 0.29) is 6.61 Å². The molecule has 0 amide bonds. The van der Waals surface area contributed by atoms with Crippen molar-refractivity contribution < 1.29 is 19.2 Å². The minimum Gasteiger partial charge on any atom is -0.467 e. The molecule has 0 spiro atoms. The van der Waals surface area contributed by atoms with Crippen LogP contribution >= 0.6 is 0 Å². The highest BCUT2D eigenvalue weighted by atomic mass is 16.5. The van der Waals surface area contributed by atoms with Crippen LogP contribution < -0.4 is 4.90 Å². The Morgan fingerprint density at radius 3 is 2.75 bits per heavy atom. The Labute approximate surface area is 166 Å². The monoisotopic (exact) mass is 381 g/mol. The van der Waals surface area contributed by atoms with E-state index in [1.165, 1.54) is 16.2 Å². The molecule has 1 unspecified atom stereocenters. The molecule has 0 saturated carbocycles. The molecule has 0 aliphatic heterocycles. The molecule has 0 bridgehead atoms. The number of benzene rings is 1. The third-order valence-electron chi connectivity index (χ3n) is 4.64. The zero-order valence-corrected chi connectivity index (χ0v) is 16.2. The summed E-state index contributed by atoms with van der Waals surface area (Å²) in [4.78, 5) is 1.25. The molecule has 2 aromatic heterocycles. The average molecular weight is 381 g/mol. The quantitative estimate of drug-likeness (QED) is 0.473. The van der Waals surface area contributed by atoms with E-state index in [9.17, 15) is 5.11 Å². The zero-order valence-electron chi connectivity index (χ0n) is 16.2. The molecule has 0 radical (unpaired) electrons. The van der Waals surface area contributed by atoms with Crippen LogP contribution in [0.5, 0.6) is 0 Å². The molecule has 0 aliphatic carbocycles. The van der Waals surface area contributed by atoms with Gasteiger partial charge in [0.1, 0.15) is 31.6 Å². The number of aliphatic hydroxyl groups is 1. The summed E-state index contributed by atoms with van der Waals surface area (Å²) in [6.07, 6.45) is 5.09. The maximum absolute atomic E-state index is 10.4. The van der Waals surface area contributed by atoms with Crippen LogP contribution in [0, 0.1) is 0 Å². The first kappa shape index (κ1) is 20.1. The van der Waals surface area contributed by atoms with Crippen LogP contribution in [-0.2, 0) is 24.4 Å². The number of hydrogen-bond acceptors (Lipinski definition) is 3. The second-order valence-corrected chi connectivity index (χ2v) is 6.99. The van der Waals surface area contributed by atoms with Crippen LogP contribution in [0.25, 0.3) is 0 Å².